The van der Waals surface area contributed by atoms with Gasteiger partial charge in [0.25, 0.3) is 0 Å². The van der Waals surface area contributed by atoms with Crippen LogP contribution in [0.15, 0.2) is 72.9 Å². The number of phosphoric ester groups is 1. The van der Waals surface area contributed by atoms with E-state index in [2.05, 4.69) is 74.6 Å². The minimum Gasteiger partial charge on any atom is -0.462 e. The minimum absolute atomic E-state index is 0.0394. The second-order valence-corrected chi connectivity index (χ2v) is 17.4. The van der Waals surface area contributed by atoms with Crippen LogP contribution in [0.1, 0.15) is 206 Å². The molecule has 0 spiro atoms. The van der Waals surface area contributed by atoms with E-state index in [1.807, 2.05) is 12.2 Å². The Balaban J connectivity index is 4.19. The van der Waals surface area contributed by atoms with E-state index in [4.69, 9.17) is 24.3 Å². The molecule has 0 saturated carbocycles. The van der Waals surface area contributed by atoms with E-state index in [1.54, 1.807) is 0 Å². The van der Waals surface area contributed by atoms with Crippen molar-refractivity contribution in [2.75, 3.05) is 26.4 Å². The third-order valence-corrected chi connectivity index (χ3v) is 11.1. The van der Waals surface area contributed by atoms with Gasteiger partial charge >= 0.3 is 19.8 Å². The number of carbonyl (C=O) groups is 2. The van der Waals surface area contributed by atoms with Crippen LogP contribution in [0.3, 0.4) is 0 Å². The van der Waals surface area contributed by atoms with Crippen LogP contribution in [-0.4, -0.2) is 49.3 Å². The van der Waals surface area contributed by atoms with Crippen molar-refractivity contribution in [1.82, 2.24) is 0 Å². The molecule has 9 nitrogen and oxygen atoms in total. The maximum Gasteiger partial charge on any atom is 0.472 e. The van der Waals surface area contributed by atoms with Crippen LogP contribution in [0.5, 0.6) is 0 Å². The predicted octanol–water partition coefficient (Wildman–Crippen LogP) is 14.6. The number of rotatable bonds is 45. The van der Waals surface area contributed by atoms with Crippen molar-refractivity contribution in [3.63, 3.8) is 0 Å². The summed E-state index contributed by atoms with van der Waals surface area (Å²) in [7, 11) is -4.40. The van der Waals surface area contributed by atoms with Crippen molar-refractivity contribution in [1.29, 1.82) is 0 Å². The molecule has 0 saturated heterocycles. The molecular formula is C51H90NO8P. The SMILES string of the molecule is CCCCC/C=C/C/C=C/C/C=C/C/C=C/C/C=C/CCC(=O)O[C@H](COC(=O)CCCCCCCCCCCCC/C=C/CCCCCCCC)COP(=O)(O)OCCN. The van der Waals surface area contributed by atoms with E-state index >= 15 is 0 Å². The number of ether oxygens (including phenoxy) is 2. The Morgan fingerprint density at radius 3 is 1.38 bits per heavy atom. The van der Waals surface area contributed by atoms with Gasteiger partial charge in [-0.15, -0.1) is 0 Å². The average Bonchev–Trinajstić information content (AvgIpc) is 3.25. The molecule has 0 aliphatic heterocycles. The summed E-state index contributed by atoms with van der Waals surface area (Å²) in [6, 6.07) is 0. The fourth-order valence-corrected chi connectivity index (χ4v) is 7.20. The zero-order valence-electron chi connectivity index (χ0n) is 38.9. The zero-order chi connectivity index (χ0) is 44.6. The monoisotopic (exact) mass is 876 g/mol. The molecule has 2 atom stereocenters. The van der Waals surface area contributed by atoms with Gasteiger partial charge in [0.15, 0.2) is 6.10 Å². The van der Waals surface area contributed by atoms with Crippen LogP contribution in [-0.2, 0) is 32.7 Å². The largest absolute Gasteiger partial charge is 0.472 e. The van der Waals surface area contributed by atoms with E-state index in [1.165, 1.54) is 128 Å². The number of carbonyl (C=O) groups excluding carboxylic acids is 2. The Bertz CT molecular complexity index is 1230. The maximum absolute atomic E-state index is 12.6. The lowest BCUT2D eigenvalue weighted by molar-refractivity contribution is -0.161. The maximum atomic E-state index is 12.6. The topological polar surface area (TPSA) is 134 Å². The van der Waals surface area contributed by atoms with Gasteiger partial charge in [0, 0.05) is 19.4 Å². The molecule has 1 unspecified atom stereocenters. The minimum atomic E-state index is -4.40. The second kappa shape index (κ2) is 46.9. The number of phosphoric acid groups is 1. The van der Waals surface area contributed by atoms with Crippen molar-refractivity contribution in [3.05, 3.63) is 72.9 Å². The van der Waals surface area contributed by atoms with Gasteiger partial charge < -0.3 is 20.1 Å². The lowest BCUT2D eigenvalue weighted by Crippen LogP contribution is -2.29. The Morgan fingerprint density at radius 1 is 0.492 bits per heavy atom. The number of hydrogen-bond donors (Lipinski definition) is 2. The molecule has 0 aromatic heterocycles. The number of hydrogen-bond acceptors (Lipinski definition) is 8. The van der Waals surface area contributed by atoms with E-state index in [0.29, 0.717) is 6.42 Å². The van der Waals surface area contributed by atoms with Gasteiger partial charge in [-0.05, 0) is 77.0 Å². The van der Waals surface area contributed by atoms with Crippen LogP contribution in [0.25, 0.3) is 0 Å². The highest BCUT2D eigenvalue weighted by atomic mass is 31.2. The van der Waals surface area contributed by atoms with Crippen LogP contribution in [0.2, 0.25) is 0 Å². The highest BCUT2D eigenvalue weighted by Gasteiger charge is 2.25. The van der Waals surface area contributed by atoms with Gasteiger partial charge in [-0.3, -0.25) is 18.6 Å². The fraction of sp³-hybridized carbons (Fsp3) is 0.725. The first kappa shape index (κ1) is 58.5. The molecule has 10 heteroatoms. The Kier molecular flexibility index (Phi) is 45.0. The highest BCUT2D eigenvalue weighted by Crippen LogP contribution is 2.43. The van der Waals surface area contributed by atoms with Gasteiger partial charge in [-0.2, -0.15) is 0 Å². The smallest absolute Gasteiger partial charge is 0.462 e. The van der Waals surface area contributed by atoms with Gasteiger partial charge in [0.2, 0.25) is 0 Å². The molecule has 3 N–H and O–H groups in total. The summed E-state index contributed by atoms with van der Waals surface area (Å²) in [6.07, 6.45) is 58.1. The fourth-order valence-electron chi connectivity index (χ4n) is 6.44. The summed E-state index contributed by atoms with van der Waals surface area (Å²) in [5.41, 5.74) is 5.35. The number of unbranched alkanes of at least 4 members (excludes halogenated alkanes) is 20. The predicted molar refractivity (Wildman–Crippen MR) is 256 cm³/mol. The van der Waals surface area contributed by atoms with E-state index in [0.717, 1.165) is 44.9 Å². The first-order chi connectivity index (χ1) is 29.8. The van der Waals surface area contributed by atoms with Crippen molar-refractivity contribution in [3.8, 4) is 0 Å². The lowest BCUT2D eigenvalue weighted by Gasteiger charge is -2.19. The van der Waals surface area contributed by atoms with E-state index in [9.17, 15) is 19.0 Å². The van der Waals surface area contributed by atoms with Crippen molar-refractivity contribution < 1.29 is 37.6 Å². The van der Waals surface area contributed by atoms with Gasteiger partial charge in [0.05, 0.1) is 13.2 Å². The third kappa shape index (κ3) is 46.8. The number of esters is 2. The standard InChI is InChI=1S/C51H90NO8P/c1-3-5-7-9-11-13-15-17-19-21-23-24-26-27-29-31-33-35-37-39-41-43-50(53)57-47-49(48-59-61(55,56)58-46-45-52)60-51(54)44-42-40-38-36-34-32-30-28-25-22-20-18-16-14-12-10-8-6-4-2/h12,14,17-20,25,28,32,34,38,40,49H,3-11,13,15-16,21-24,26-27,29-31,33,35-37,39,41-48,52H2,1-2H3,(H,55,56)/b14-12+,19-17+,20-18+,28-25+,34-32+,40-38+/t49-/m1/s1. The summed E-state index contributed by atoms with van der Waals surface area (Å²) in [5, 5.41) is 0. The summed E-state index contributed by atoms with van der Waals surface area (Å²) < 4.78 is 32.8. The van der Waals surface area contributed by atoms with Gasteiger partial charge in [0.1, 0.15) is 6.61 Å². The summed E-state index contributed by atoms with van der Waals surface area (Å²) >= 11 is 0. The van der Waals surface area contributed by atoms with Crippen molar-refractivity contribution >= 4 is 19.8 Å². The third-order valence-electron chi connectivity index (χ3n) is 10.1. The molecular weight excluding hydrogens is 786 g/mol. The molecule has 0 aromatic carbocycles. The molecule has 0 amide bonds. The lowest BCUT2D eigenvalue weighted by atomic mass is 10.0. The van der Waals surface area contributed by atoms with Crippen LogP contribution >= 0.6 is 7.82 Å². The molecule has 0 radical (unpaired) electrons. The zero-order valence-corrected chi connectivity index (χ0v) is 39.8. The first-order valence-electron chi connectivity index (χ1n) is 24.4. The molecule has 0 rings (SSSR count). The van der Waals surface area contributed by atoms with Crippen molar-refractivity contribution in [2.24, 2.45) is 5.73 Å². The molecule has 0 aromatic rings. The summed E-state index contributed by atoms with van der Waals surface area (Å²) in [6.45, 7) is 3.62. The van der Waals surface area contributed by atoms with Crippen LogP contribution in [0.4, 0.5) is 0 Å². The summed E-state index contributed by atoms with van der Waals surface area (Å²) in [4.78, 5) is 35.0. The second-order valence-electron chi connectivity index (χ2n) is 16.0. The molecule has 61 heavy (non-hydrogen) atoms. The molecule has 0 fully saturated rings. The van der Waals surface area contributed by atoms with E-state index in [-0.39, 0.29) is 32.6 Å². The van der Waals surface area contributed by atoms with Gasteiger partial charge in [-0.25, -0.2) is 4.57 Å². The molecule has 352 valence electrons. The van der Waals surface area contributed by atoms with Gasteiger partial charge in [-0.1, -0.05) is 189 Å². The Labute approximate surface area is 373 Å². The van der Waals surface area contributed by atoms with Crippen LogP contribution in [0, 0.1) is 0 Å². The average molecular weight is 876 g/mol. The highest BCUT2D eigenvalue weighted by molar-refractivity contribution is 7.47. The number of nitrogens with two attached hydrogens (primary N) is 1. The Morgan fingerprint density at radius 2 is 0.885 bits per heavy atom. The molecule has 0 aliphatic carbocycles. The quantitative estimate of drug-likeness (QED) is 0.0265. The Hall–Kier alpha value is -2.55. The van der Waals surface area contributed by atoms with E-state index < -0.39 is 32.5 Å². The number of allylic oxidation sites excluding steroid dienone is 12. The molecule has 0 bridgehead atoms. The first-order valence-corrected chi connectivity index (χ1v) is 25.9. The summed E-state index contributed by atoms with van der Waals surface area (Å²) in [5.74, 6) is -0.926. The normalized spacial score (nSPS) is 13.8. The molecule has 0 heterocycles. The van der Waals surface area contributed by atoms with Crippen molar-refractivity contribution in [2.45, 2.75) is 213 Å². The molecule has 0 aliphatic rings. The van der Waals surface area contributed by atoms with Crippen LogP contribution < -0.4 is 5.73 Å².